The molecule has 1 saturated carbocycles. The van der Waals surface area contributed by atoms with Gasteiger partial charge >= 0.3 is 0 Å². The maximum absolute atomic E-state index is 6.03. The van der Waals surface area contributed by atoms with Crippen LogP contribution in [-0.2, 0) is 6.42 Å². The summed E-state index contributed by atoms with van der Waals surface area (Å²) >= 11 is 3.53. The second kappa shape index (κ2) is 7.15. The second-order valence-electron chi connectivity index (χ2n) is 6.61. The van der Waals surface area contributed by atoms with Crippen LogP contribution in [0, 0.1) is 5.92 Å². The first-order chi connectivity index (χ1) is 10.2. The fourth-order valence-electron chi connectivity index (χ4n) is 3.76. The van der Waals surface area contributed by atoms with Gasteiger partial charge in [-0.15, -0.1) is 0 Å². The molecule has 3 heteroatoms. The van der Waals surface area contributed by atoms with Crippen LogP contribution in [-0.4, -0.2) is 18.7 Å². The summed E-state index contributed by atoms with van der Waals surface area (Å²) in [5.41, 5.74) is 1.34. The smallest absolute Gasteiger partial charge is 0.123 e. The zero-order chi connectivity index (χ0) is 14.7. The molecule has 1 aliphatic carbocycles. The molecular formula is C18H26BrNO. The monoisotopic (exact) mass is 351 g/mol. The van der Waals surface area contributed by atoms with Gasteiger partial charge in [-0.1, -0.05) is 35.7 Å². The molecule has 1 fully saturated rings. The molecule has 2 aliphatic rings. The third-order valence-corrected chi connectivity index (χ3v) is 5.43. The fourth-order valence-corrected chi connectivity index (χ4v) is 4.17. The highest BCUT2D eigenvalue weighted by molar-refractivity contribution is 9.10. The Hall–Kier alpha value is -0.540. The van der Waals surface area contributed by atoms with Crippen molar-refractivity contribution in [3.05, 3.63) is 28.2 Å². The molecule has 0 aromatic heterocycles. The molecule has 116 valence electrons. The highest BCUT2D eigenvalue weighted by atomic mass is 79.9. The summed E-state index contributed by atoms with van der Waals surface area (Å²) in [7, 11) is 0. The third-order valence-electron chi connectivity index (χ3n) is 4.94. The molecule has 1 aromatic rings. The zero-order valence-corrected chi connectivity index (χ0v) is 14.5. The molecule has 3 rings (SSSR count). The third kappa shape index (κ3) is 4.01. The van der Waals surface area contributed by atoms with Gasteiger partial charge in [0.25, 0.3) is 0 Å². The molecule has 1 atom stereocenters. The van der Waals surface area contributed by atoms with Gasteiger partial charge in [0.2, 0.25) is 0 Å². The molecule has 0 amide bonds. The summed E-state index contributed by atoms with van der Waals surface area (Å²) in [6.45, 7) is 3.28. The minimum Gasteiger partial charge on any atom is -0.488 e. The van der Waals surface area contributed by atoms with Crippen LogP contribution < -0.4 is 10.1 Å². The van der Waals surface area contributed by atoms with E-state index in [1.807, 2.05) is 0 Å². The molecule has 1 aliphatic heterocycles. The van der Waals surface area contributed by atoms with E-state index in [0.29, 0.717) is 12.1 Å². The Morgan fingerprint density at radius 1 is 1.24 bits per heavy atom. The van der Waals surface area contributed by atoms with Crippen molar-refractivity contribution in [3.8, 4) is 5.75 Å². The van der Waals surface area contributed by atoms with Crippen molar-refractivity contribution in [2.24, 2.45) is 5.92 Å². The standard InChI is InChI=1S/C18H26BrNO/c1-2-3-13-4-7-16(8-5-13)20-12-17-11-14-10-15(19)6-9-18(14)21-17/h6,9-10,13,16-17,20H,2-5,7-8,11-12H2,1H3. The summed E-state index contributed by atoms with van der Waals surface area (Å²) in [6.07, 6.45) is 9.60. The van der Waals surface area contributed by atoms with Gasteiger partial charge in [-0.2, -0.15) is 0 Å². The number of hydrogen-bond acceptors (Lipinski definition) is 2. The summed E-state index contributed by atoms with van der Waals surface area (Å²) in [5.74, 6) is 2.05. The van der Waals surface area contributed by atoms with E-state index in [1.165, 1.54) is 44.1 Å². The largest absolute Gasteiger partial charge is 0.488 e. The SMILES string of the molecule is CCCC1CCC(NCC2Cc3cc(Br)ccc3O2)CC1. The summed E-state index contributed by atoms with van der Waals surface area (Å²) in [6, 6.07) is 7.03. The van der Waals surface area contributed by atoms with Crippen molar-refractivity contribution in [1.29, 1.82) is 0 Å². The number of nitrogens with one attached hydrogen (secondary N) is 1. The van der Waals surface area contributed by atoms with Crippen molar-refractivity contribution >= 4 is 15.9 Å². The molecular weight excluding hydrogens is 326 g/mol. The average Bonchev–Trinajstić information content (AvgIpc) is 2.89. The van der Waals surface area contributed by atoms with E-state index in [0.717, 1.165) is 29.1 Å². The van der Waals surface area contributed by atoms with Crippen molar-refractivity contribution < 1.29 is 4.74 Å². The Balaban J connectivity index is 1.41. The predicted molar refractivity (Wildman–Crippen MR) is 90.9 cm³/mol. The van der Waals surface area contributed by atoms with Crippen LogP contribution in [0.3, 0.4) is 0 Å². The topological polar surface area (TPSA) is 21.3 Å². The Labute approximate surface area is 136 Å². The van der Waals surface area contributed by atoms with Crippen molar-refractivity contribution in [2.45, 2.75) is 64.0 Å². The first kappa shape index (κ1) is 15.4. The molecule has 21 heavy (non-hydrogen) atoms. The van der Waals surface area contributed by atoms with Gasteiger partial charge < -0.3 is 10.1 Å². The number of hydrogen-bond donors (Lipinski definition) is 1. The Morgan fingerprint density at radius 2 is 2.05 bits per heavy atom. The van der Waals surface area contributed by atoms with Gasteiger partial charge in [0.05, 0.1) is 0 Å². The number of halogens is 1. The quantitative estimate of drug-likeness (QED) is 0.829. The van der Waals surface area contributed by atoms with Gasteiger partial charge in [-0.25, -0.2) is 0 Å². The minimum absolute atomic E-state index is 0.308. The van der Waals surface area contributed by atoms with Crippen LogP contribution in [0.2, 0.25) is 0 Å². The van der Waals surface area contributed by atoms with E-state index in [4.69, 9.17) is 4.74 Å². The minimum atomic E-state index is 0.308. The van der Waals surface area contributed by atoms with Crippen LogP contribution >= 0.6 is 15.9 Å². The lowest BCUT2D eigenvalue weighted by atomic mass is 9.83. The highest BCUT2D eigenvalue weighted by Crippen LogP contribution is 2.31. The summed E-state index contributed by atoms with van der Waals surface area (Å²) in [4.78, 5) is 0. The molecule has 0 bridgehead atoms. The molecule has 1 heterocycles. The van der Waals surface area contributed by atoms with Crippen molar-refractivity contribution in [2.75, 3.05) is 6.54 Å². The maximum atomic E-state index is 6.03. The van der Waals surface area contributed by atoms with Gasteiger partial charge in [-0.3, -0.25) is 0 Å². The predicted octanol–water partition coefficient (Wildman–Crippen LogP) is 4.70. The summed E-state index contributed by atoms with van der Waals surface area (Å²) in [5, 5.41) is 3.74. The molecule has 1 unspecified atom stereocenters. The van der Waals surface area contributed by atoms with E-state index >= 15 is 0 Å². The number of ether oxygens (including phenoxy) is 1. The Bertz CT molecular complexity index is 468. The van der Waals surface area contributed by atoms with Crippen LogP contribution in [0.5, 0.6) is 5.75 Å². The summed E-state index contributed by atoms with van der Waals surface area (Å²) < 4.78 is 7.18. The van der Waals surface area contributed by atoms with Gasteiger partial charge in [0.1, 0.15) is 11.9 Å². The molecule has 0 saturated heterocycles. The average molecular weight is 352 g/mol. The normalized spacial score (nSPS) is 28.2. The Kier molecular flexibility index (Phi) is 5.23. The lowest BCUT2D eigenvalue weighted by molar-refractivity contribution is 0.205. The molecule has 0 spiro atoms. The highest BCUT2D eigenvalue weighted by Gasteiger charge is 2.25. The zero-order valence-electron chi connectivity index (χ0n) is 12.9. The first-order valence-corrected chi connectivity index (χ1v) is 9.22. The van der Waals surface area contributed by atoms with Crippen LogP contribution in [0.15, 0.2) is 22.7 Å². The maximum Gasteiger partial charge on any atom is 0.123 e. The fraction of sp³-hybridized carbons (Fsp3) is 0.667. The van der Waals surface area contributed by atoms with Gasteiger partial charge in [-0.05, 0) is 55.4 Å². The second-order valence-corrected chi connectivity index (χ2v) is 7.53. The van der Waals surface area contributed by atoms with Crippen LogP contribution in [0.1, 0.15) is 51.0 Å². The number of rotatable bonds is 5. The van der Waals surface area contributed by atoms with E-state index < -0.39 is 0 Å². The van der Waals surface area contributed by atoms with Gasteiger partial charge in [0, 0.05) is 23.5 Å². The molecule has 1 N–H and O–H groups in total. The molecule has 2 nitrogen and oxygen atoms in total. The molecule has 0 radical (unpaired) electrons. The van der Waals surface area contributed by atoms with Crippen LogP contribution in [0.25, 0.3) is 0 Å². The lowest BCUT2D eigenvalue weighted by Gasteiger charge is -2.29. The number of benzene rings is 1. The van der Waals surface area contributed by atoms with E-state index in [9.17, 15) is 0 Å². The van der Waals surface area contributed by atoms with Gasteiger partial charge in [0.15, 0.2) is 0 Å². The number of fused-ring (bicyclic) bond motifs is 1. The van der Waals surface area contributed by atoms with Crippen LogP contribution in [0.4, 0.5) is 0 Å². The van der Waals surface area contributed by atoms with Crippen molar-refractivity contribution in [1.82, 2.24) is 5.32 Å². The Morgan fingerprint density at radius 3 is 2.81 bits per heavy atom. The van der Waals surface area contributed by atoms with E-state index in [2.05, 4.69) is 46.4 Å². The molecule has 1 aromatic carbocycles. The first-order valence-electron chi connectivity index (χ1n) is 8.43. The van der Waals surface area contributed by atoms with E-state index in [-0.39, 0.29) is 0 Å². The lowest BCUT2D eigenvalue weighted by Crippen LogP contribution is -2.39. The van der Waals surface area contributed by atoms with Crippen molar-refractivity contribution in [3.63, 3.8) is 0 Å². The van der Waals surface area contributed by atoms with E-state index in [1.54, 1.807) is 0 Å².